The largest absolute Gasteiger partial charge is 0.493 e. The number of aromatic nitrogens is 1. The minimum Gasteiger partial charge on any atom is -0.493 e. The van der Waals surface area contributed by atoms with Gasteiger partial charge in [0.1, 0.15) is 0 Å². The molecule has 0 aliphatic carbocycles. The third kappa shape index (κ3) is 3.53. The van der Waals surface area contributed by atoms with Crippen molar-refractivity contribution in [1.29, 1.82) is 0 Å². The van der Waals surface area contributed by atoms with Crippen LogP contribution in [0.5, 0.6) is 11.5 Å². The Morgan fingerprint density at radius 3 is 2.34 bits per heavy atom. The molecule has 2 heterocycles. The standard InChI is InChI=1S/C26H30N2O4/c1-14(2)26(30)28-10-9-17-11-21(31-5)22(32-6)13-19(17)24(28)20-12-18-15(3)7-8-16(4)23(18)27-25(20)29/h7-8,11-14,24H,9-10H2,1-6H3,(H,27,29)/t24-/m0/s1. The van der Waals surface area contributed by atoms with Crippen molar-refractivity contribution in [2.45, 2.75) is 40.2 Å². The van der Waals surface area contributed by atoms with E-state index < -0.39 is 6.04 Å². The maximum atomic E-state index is 13.4. The van der Waals surface area contributed by atoms with E-state index >= 15 is 0 Å². The molecule has 0 spiro atoms. The van der Waals surface area contributed by atoms with Crippen LogP contribution in [-0.4, -0.2) is 36.6 Å². The van der Waals surface area contributed by atoms with Crippen molar-refractivity contribution in [3.8, 4) is 11.5 Å². The predicted octanol–water partition coefficient (Wildman–Crippen LogP) is 4.29. The highest BCUT2D eigenvalue weighted by Crippen LogP contribution is 2.41. The van der Waals surface area contributed by atoms with Crippen molar-refractivity contribution < 1.29 is 14.3 Å². The van der Waals surface area contributed by atoms with Crippen LogP contribution in [0, 0.1) is 19.8 Å². The molecule has 0 saturated heterocycles. The fourth-order valence-corrected chi connectivity index (χ4v) is 4.64. The van der Waals surface area contributed by atoms with Crippen LogP contribution < -0.4 is 15.0 Å². The summed E-state index contributed by atoms with van der Waals surface area (Å²) in [6, 6.07) is 9.39. The molecule has 0 bridgehead atoms. The van der Waals surface area contributed by atoms with Crippen LogP contribution in [0.3, 0.4) is 0 Å². The van der Waals surface area contributed by atoms with Gasteiger partial charge in [-0.25, -0.2) is 0 Å². The Bertz CT molecular complexity index is 1260. The van der Waals surface area contributed by atoms with Gasteiger partial charge in [-0.3, -0.25) is 9.59 Å². The summed E-state index contributed by atoms with van der Waals surface area (Å²) in [5.41, 5.74) is 5.27. The molecule has 1 amide bonds. The number of carbonyl (C=O) groups excluding carboxylic acids is 1. The average molecular weight is 435 g/mol. The SMILES string of the molecule is COc1cc2c(cc1OC)[C@@H](c1cc3c(C)ccc(C)c3[nH]c1=O)N(C(=O)C(C)C)CC2. The first-order valence-electron chi connectivity index (χ1n) is 10.9. The number of rotatable bonds is 4. The first-order chi connectivity index (χ1) is 15.3. The number of benzene rings is 2. The van der Waals surface area contributed by atoms with E-state index in [-0.39, 0.29) is 17.4 Å². The summed E-state index contributed by atoms with van der Waals surface area (Å²) in [6.45, 7) is 8.33. The number of pyridine rings is 1. The van der Waals surface area contributed by atoms with Crippen molar-refractivity contribution in [3.05, 3.63) is 68.5 Å². The first kappa shape index (κ1) is 21.9. The lowest BCUT2D eigenvalue weighted by molar-refractivity contribution is -0.136. The van der Waals surface area contributed by atoms with Crippen LogP contribution in [0.4, 0.5) is 0 Å². The molecule has 1 N–H and O–H groups in total. The van der Waals surface area contributed by atoms with Crippen LogP contribution in [-0.2, 0) is 11.2 Å². The highest BCUT2D eigenvalue weighted by Gasteiger charge is 2.35. The van der Waals surface area contributed by atoms with E-state index in [1.54, 1.807) is 14.2 Å². The molecular formula is C26H30N2O4. The molecule has 6 nitrogen and oxygen atoms in total. The Morgan fingerprint density at radius 1 is 1.03 bits per heavy atom. The lowest BCUT2D eigenvalue weighted by Crippen LogP contribution is -2.44. The quantitative estimate of drug-likeness (QED) is 0.665. The minimum atomic E-state index is -0.499. The average Bonchev–Trinajstić information content (AvgIpc) is 2.79. The molecule has 3 aromatic rings. The fraction of sp³-hybridized carbons (Fsp3) is 0.385. The van der Waals surface area contributed by atoms with Gasteiger partial charge in [-0.15, -0.1) is 0 Å². The van der Waals surface area contributed by atoms with E-state index in [0.717, 1.165) is 33.2 Å². The number of methoxy groups -OCH3 is 2. The molecule has 6 heteroatoms. The van der Waals surface area contributed by atoms with E-state index in [4.69, 9.17) is 9.47 Å². The van der Waals surface area contributed by atoms with Crippen molar-refractivity contribution in [2.24, 2.45) is 5.92 Å². The van der Waals surface area contributed by atoms with Crippen molar-refractivity contribution in [1.82, 2.24) is 9.88 Å². The normalized spacial score (nSPS) is 15.7. The van der Waals surface area contributed by atoms with Gasteiger partial charge in [0.25, 0.3) is 5.56 Å². The molecule has 0 fully saturated rings. The van der Waals surface area contributed by atoms with Crippen LogP contribution >= 0.6 is 0 Å². The summed E-state index contributed by atoms with van der Waals surface area (Å²) in [5.74, 6) is 1.07. The topological polar surface area (TPSA) is 71.6 Å². The first-order valence-corrected chi connectivity index (χ1v) is 10.9. The number of hydrogen-bond acceptors (Lipinski definition) is 4. The molecule has 2 aromatic carbocycles. The zero-order valence-electron chi connectivity index (χ0n) is 19.5. The maximum Gasteiger partial charge on any atom is 0.254 e. The molecule has 0 unspecified atom stereocenters. The van der Waals surface area contributed by atoms with E-state index in [1.807, 2.05) is 56.9 Å². The second-order valence-electron chi connectivity index (χ2n) is 8.79. The number of aryl methyl sites for hydroxylation is 2. The molecule has 168 valence electrons. The van der Waals surface area contributed by atoms with E-state index in [1.165, 1.54) is 0 Å². The van der Waals surface area contributed by atoms with Crippen molar-refractivity contribution >= 4 is 16.8 Å². The number of aromatic amines is 1. The summed E-state index contributed by atoms with van der Waals surface area (Å²) in [5, 5.41) is 0.990. The molecule has 0 radical (unpaired) electrons. The number of amides is 1. The molecule has 0 saturated carbocycles. The van der Waals surface area contributed by atoms with Crippen molar-refractivity contribution in [2.75, 3.05) is 20.8 Å². The van der Waals surface area contributed by atoms with E-state index in [2.05, 4.69) is 11.1 Å². The summed E-state index contributed by atoms with van der Waals surface area (Å²) in [4.78, 5) is 31.5. The Morgan fingerprint density at radius 2 is 1.69 bits per heavy atom. The van der Waals surface area contributed by atoms with Gasteiger partial charge < -0.3 is 19.4 Å². The summed E-state index contributed by atoms with van der Waals surface area (Å²) < 4.78 is 11.0. The zero-order valence-corrected chi connectivity index (χ0v) is 19.5. The fourth-order valence-electron chi connectivity index (χ4n) is 4.64. The lowest BCUT2D eigenvalue weighted by Gasteiger charge is -2.38. The monoisotopic (exact) mass is 434 g/mol. The van der Waals surface area contributed by atoms with Gasteiger partial charge in [0, 0.05) is 23.4 Å². The summed E-state index contributed by atoms with van der Waals surface area (Å²) in [6.07, 6.45) is 0.689. The molecule has 32 heavy (non-hydrogen) atoms. The zero-order chi connectivity index (χ0) is 23.2. The van der Waals surface area contributed by atoms with Crippen molar-refractivity contribution in [3.63, 3.8) is 0 Å². The van der Waals surface area contributed by atoms with Gasteiger partial charge in [0.2, 0.25) is 5.91 Å². The Hall–Kier alpha value is -3.28. The Kier molecular flexibility index (Phi) is 5.71. The van der Waals surface area contributed by atoms with Gasteiger partial charge in [0.05, 0.1) is 25.8 Å². The lowest BCUT2D eigenvalue weighted by atomic mass is 9.86. The molecule has 1 aliphatic heterocycles. The Labute approximate surface area is 188 Å². The van der Waals surface area contributed by atoms with Gasteiger partial charge >= 0.3 is 0 Å². The smallest absolute Gasteiger partial charge is 0.254 e. The molecule has 4 rings (SSSR count). The third-order valence-corrected chi connectivity index (χ3v) is 6.42. The number of carbonyl (C=O) groups is 1. The maximum absolute atomic E-state index is 13.4. The molecular weight excluding hydrogens is 404 g/mol. The Balaban J connectivity index is 2.01. The number of nitrogens with zero attached hydrogens (tertiary/aromatic N) is 1. The highest BCUT2D eigenvalue weighted by atomic mass is 16.5. The van der Waals surface area contributed by atoms with Gasteiger partial charge in [-0.2, -0.15) is 0 Å². The summed E-state index contributed by atoms with van der Waals surface area (Å²) >= 11 is 0. The van der Waals surface area contributed by atoms with Gasteiger partial charge in [-0.05, 0) is 60.7 Å². The number of fused-ring (bicyclic) bond motifs is 2. The summed E-state index contributed by atoms with van der Waals surface area (Å²) in [7, 11) is 3.20. The predicted molar refractivity (Wildman–Crippen MR) is 126 cm³/mol. The number of nitrogens with one attached hydrogen (secondary N) is 1. The second kappa shape index (κ2) is 8.34. The number of ether oxygens (including phenoxy) is 2. The number of H-pyrrole nitrogens is 1. The minimum absolute atomic E-state index is 0.0240. The van der Waals surface area contributed by atoms with Crippen LogP contribution in [0.15, 0.2) is 35.1 Å². The van der Waals surface area contributed by atoms with Crippen LogP contribution in [0.25, 0.3) is 10.9 Å². The second-order valence-corrected chi connectivity index (χ2v) is 8.79. The molecule has 1 aromatic heterocycles. The molecule has 1 atom stereocenters. The van der Waals surface area contributed by atoms with E-state index in [9.17, 15) is 9.59 Å². The van der Waals surface area contributed by atoms with Gasteiger partial charge in [-0.1, -0.05) is 26.0 Å². The molecule has 1 aliphatic rings. The van der Waals surface area contributed by atoms with Crippen LogP contribution in [0.2, 0.25) is 0 Å². The van der Waals surface area contributed by atoms with Gasteiger partial charge in [0.15, 0.2) is 11.5 Å². The van der Waals surface area contributed by atoms with Crippen LogP contribution in [0.1, 0.15) is 47.7 Å². The number of hydrogen-bond donors (Lipinski definition) is 1. The van der Waals surface area contributed by atoms with E-state index in [0.29, 0.717) is 30.0 Å². The highest BCUT2D eigenvalue weighted by molar-refractivity contribution is 5.86. The third-order valence-electron chi connectivity index (χ3n) is 6.42.